The van der Waals surface area contributed by atoms with Crippen LogP contribution in [0.2, 0.25) is 0 Å². The highest BCUT2D eigenvalue weighted by Crippen LogP contribution is 2.29. The van der Waals surface area contributed by atoms with Crippen LogP contribution in [0.5, 0.6) is 5.75 Å². The molecule has 1 rings (SSSR count). The van der Waals surface area contributed by atoms with Crippen molar-refractivity contribution in [3.63, 3.8) is 0 Å². The Labute approximate surface area is 113 Å². The molecule has 0 bridgehead atoms. The van der Waals surface area contributed by atoms with Crippen molar-refractivity contribution in [2.24, 2.45) is 0 Å². The summed E-state index contributed by atoms with van der Waals surface area (Å²) in [4.78, 5) is -1.65. The summed E-state index contributed by atoms with van der Waals surface area (Å²) in [5, 5.41) is 0. The molecule has 0 amide bonds. The van der Waals surface area contributed by atoms with Gasteiger partial charge in [0, 0.05) is 0 Å². The van der Waals surface area contributed by atoms with Crippen molar-refractivity contribution >= 4 is 15.9 Å². The van der Waals surface area contributed by atoms with Gasteiger partial charge in [-0.05, 0) is 30.0 Å². The molecule has 102 valence electrons. The van der Waals surface area contributed by atoms with Crippen molar-refractivity contribution < 1.29 is 17.9 Å². The van der Waals surface area contributed by atoms with Crippen molar-refractivity contribution in [3.8, 4) is 5.75 Å². The highest BCUT2D eigenvalue weighted by atomic mass is 79.9. The van der Waals surface area contributed by atoms with Gasteiger partial charge >= 0.3 is 6.18 Å². The predicted octanol–water partition coefficient (Wildman–Crippen LogP) is 4.82. The maximum absolute atomic E-state index is 12.3. The molecule has 0 aliphatic rings. The molecule has 18 heavy (non-hydrogen) atoms. The summed E-state index contributed by atoms with van der Waals surface area (Å²) < 4.78 is 42.2. The average Bonchev–Trinajstić information content (AvgIpc) is 2.25. The summed E-state index contributed by atoms with van der Waals surface area (Å²) in [7, 11) is 0. The summed E-state index contributed by atoms with van der Waals surface area (Å²) >= 11 is 2.58. The Morgan fingerprint density at radius 2 is 1.89 bits per heavy atom. The zero-order chi connectivity index (χ0) is 13.9. The van der Waals surface area contributed by atoms with Crippen LogP contribution >= 0.6 is 15.9 Å². The maximum Gasteiger partial charge on any atom is 0.404 e. The first-order chi connectivity index (χ1) is 8.21. The van der Waals surface area contributed by atoms with Crippen LogP contribution in [-0.4, -0.2) is 17.6 Å². The van der Waals surface area contributed by atoms with Crippen LogP contribution in [0.4, 0.5) is 13.2 Å². The number of aryl methyl sites for hydroxylation is 1. The van der Waals surface area contributed by atoms with Gasteiger partial charge in [0.05, 0.1) is 0 Å². The van der Waals surface area contributed by atoms with E-state index >= 15 is 0 Å². The van der Waals surface area contributed by atoms with Crippen molar-refractivity contribution in [1.82, 2.24) is 0 Å². The van der Waals surface area contributed by atoms with E-state index in [0.717, 1.165) is 11.1 Å². The van der Waals surface area contributed by atoms with E-state index in [4.69, 9.17) is 4.74 Å². The average molecular weight is 325 g/mol. The number of rotatable bonds is 4. The highest BCUT2D eigenvalue weighted by Gasteiger charge is 2.38. The lowest BCUT2D eigenvalue weighted by molar-refractivity contribution is -0.132. The molecule has 1 aromatic carbocycles. The van der Waals surface area contributed by atoms with E-state index in [2.05, 4.69) is 15.9 Å². The molecule has 0 aliphatic carbocycles. The second kappa shape index (κ2) is 5.95. The summed E-state index contributed by atoms with van der Waals surface area (Å²) in [5.41, 5.74) is 1.88. The second-order valence-electron chi connectivity index (χ2n) is 4.50. The molecule has 0 saturated heterocycles. The van der Waals surface area contributed by atoms with E-state index in [-0.39, 0.29) is 0 Å². The van der Waals surface area contributed by atoms with Crippen molar-refractivity contribution in [2.45, 2.75) is 37.7 Å². The molecular formula is C13H16BrF3O. The van der Waals surface area contributed by atoms with E-state index in [1.54, 1.807) is 6.07 Å². The molecule has 0 radical (unpaired) electrons. The number of ether oxygens (including phenoxy) is 1. The van der Waals surface area contributed by atoms with E-state index in [1.165, 1.54) is 0 Å². The first kappa shape index (κ1) is 15.3. The van der Waals surface area contributed by atoms with E-state index in [9.17, 15) is 13.2 Å². The molecule has 0 aliphatic heterocycles. The maximum atomic E-state index is 12.3. The van der Waals surface area contributed by atoms with Gasteiger partial charge in [0.25, 0.3) is 0 Å². The standard InChI is InChI=1S/C13H16BrF3O/c1-8(2)10-5-4-9(3)11(6-10)18-7-12(14)13(15,16)17/h4-6,8,12H,7H2,1-3H3. The van der Waals surface area contributed by atoms with Crippen molar-refractivity contribution in [1.29, 1.82) is 0 Å². The van der Waals surface area contributed by atoms with Crippen LogP contribution in [0.25, 0.3) is 0 Å². The monoisotopic (exact) mass is 324 g/mol. The first-order valence-corrected chi connectivity index (χ1v) is 6.57. The van der Waals surface area contributed by atoms with Crippen molar-refractivity contribution in [3.05, 3.63) is 29.3 Å². The third-order valence-corrected chi connectivity index (χ3v) is 3.40. The third-order valence-electron chi connectivity index (χ3n) is 2.62. The van der Waals surface area contributed by atoms with Crippen LogP contribution in [-0.2, 0) is 0 Å². The molecule has 1 atom stereocenters. The fourth-order valence-electron chi connectivity index (χ4n) is 1.39. The molecule has 0 N–H and O–H groups in total. The fraction of sp³-hybridized carbons (Fsp3) is 0.538. The van der Waals surface area contributed by atoms with Gasteiger partial charge in [0.2, 0.25) is 0 Å². The Morgan fingerprint density at radius 3 is 2.39 bits per heavy atom. The first-order valence-electron chi connectivity index (χ1n) is 5.66. The molecule has 0 spiro atoms. The van der Waals surface area contributed by atoms with Gasteiger partial charge in [-0.25, -0.2) is 0 Å². The number of halogens is 4. The van der Waals surface area contributed by atoms with Crippen molar-refractivity contribution in [2.75, 3.05) is 6.61 Å². The van der Waals surface area contributed by atoms with Gasteiger partial charge in [-0.3, -0.25) is 0 Å². The van der Waals surface area contributed by atoms with Gasteiger partial charge in [-0.2, -0.15) is 13.2 Å². The lowest BCUT2D eigenvalue weighted by Gasteiger charge is -2.17. The summed E-state index contributed by atoms with van der Waals surface area (Å²) in [6.45, 7) is 5.44. The van der Waals surface area contributed by atoms with E-state index in [0.29, 0.717) is 11.7 Å². The van der Waals surface area contributed by atoms with Gasteiger partial charge in [0.15, 0.2) is 0 Å². The molecular weight excluding hydrogens is 309 g/mol. The summed E-state index contributed by atoms with van der Waals surface area (Å²) in [5.74, 6) is 0.824. The lowest BCUT2D eigenvalue weighted by atomic mass is 10.0. The molecule has 0 fully saturated rings. The zero-order valence-corrected chi connectivity index (χ0v) is 12.1. The van der Waals surface area contributed by atoms with Crippen LogP contribution in [0, 0.1) is 6.92 Å². The molecule has 0 saturated carbocycles. The summed E-state index contributed by atoms with van der Waals surface area (Å²) in [6.07, 6.45) is -4.29. The molecule has 1 aromatic rings. The third kappa shape index (κ3) is 4.19. The molecule has 1 unspecified atom stereocenters. The minimum absolute atomic E-state index is 0.315. The van der Waals surface area contributed by atoms with E-state index in [1.807, 2.05) is 32.9 Å². The minimum Gasteiger partial charge on any atom is -0.492 e. The minimum atomic E-state index is -4.29. The Hall–Kier alpha value is -0.710. The molecule has 0 aromatic heterocycles. The lowest BCUT2D eigenvalue weighted by Crippen LogP contribution is -2.29. The smallest absolute Gasteiger partial charge is 0.404 e. The highest BCUT2D eigenvalue weighted by molar-refractivity contribution is 9.09. The van der Waals surface area contributed by atoms with Gasteiger partial charge in [0.1, 0.15) is 17.2 Å². The van der Waals surface area contributed by atoms with Crippen LogP contribution in [0.15, 0.2) is 18.2 Å². The fourth-order valence-corrected chi connectivity index (χ4v) is 1.52. The van der Waals surface area contributed by atoms with Crippen LogP contribution < -0.4 is 4.74 Å². The van der Waals surface area contributed by atoms with E-state index < -0.39 is 17.6 Å². The Morgan fingerprint density at radius 1 is 1.28 bits per heavy atom. The van der Waals surface area contributed by atoms with Gasteiger partial charge in [-0.1, -0.05) is 41.9 Å². The van der Waals surface area contributed by atoms with Gasteiger partial charge in [-0.15, -0.1) is 0 Å². The number of benzene rings is 1. The molecule has 1 nitrogen and oxygen atoms in total. The Bertz CT molecular complexity index is 402. The normalized spacial score (nSPS) is 13.8. The zero-order valence-electron chi connectivity index (χ0n) is 10.5. The Balaban J connectivity index is 2.75. The molecule has 0 heterocycles. The predicted molar refractivity (Wildman–Crippen MR) is 69.5 cm³/mol. The SMILES string of the molecule is Cc1ccc(C(C)C)cc1OCC(Br)C(F)(F)F. The van der Waals surface area contributed by atoms with Gasteiger partial charge < -0.3 is 4.74 Å². The van der Waals surface area contributed by atoms with Crippen LogP contribution in [0.3, 0.4) is 0 Å². The topological polar surface area (TPSA) is 9.23 Å². The number of hydrogen-bond donors (Lipinski definition) is 0. The largest absolute Gasteiger partial charge is 0.492 e. The number of alkyl halides is 4. The quantitative estimate of drug-likeness (QED) is 0.721. The Kier molecular flexibility index (Phi) is 5.08. The number of hydrogen-bond acceptors (Lipinski definition) is 1. The summed E-state index contributed by atoms with van der Waals surface area (Å²) in [6, 6.07) is 5.62. The molecule has 5 heteroatoms. The second-order valence-corrected chi connectivity index (χ2v) is 5.61. The van der Waals surface area contributed by atoms with Crippen LogP contribution in [0.1, 0.15) is 30.9 Å².